The molecule has 0 bridgehead atoms. The van der Waals surface area contributed by atoms with E-state index in [1.165, 1.54) is 18.2 Å². The van der Waals surface area contributed by atoms with Gasteiger partial charge in [-0.25, -0.2) is 14.4 Å². The Labute approximate surface area is 142 Å². The molecule has 0 aromatic heterocycles. The Morgan fingerprint density at radius 3 is 0.789 bits per heavy atom. The van der Waals surface area contributed by atoms with Gasteiger partial charge < -0.3 is 15.3 Å². The molecule has 6 nitrogen and oxygen atoms in total. The molecule has 0 aliphatic heterocycles. The van der Waals surface area contributed by atoms with Crippen LogP contribution in [-0.4, -0.2) is 33.2 Å². The van der Waals surface area contributed by atoms with E-state index in [0.717, 1.165) is 18.2 Å². The normalized spacial score (nSPS) is 9.00. The van der Waals surface area contributed by atoms with E-state index in [1.54, 1.807) is 20.8 Å². The first-order chi connectivity index (χ1) is 8.31. The number of rotatable bonds is 3. The summed E-state index contributed by atoms with van der Waals surface area (Å²) in [6, 6.07) is 0. The van der Waals surface area contributed by atoms with Crippen LogP contribution < -0.4 is 0 Å². The van der Waals surface area contributed by atoms with Gasteiger partial charge >= 0.3 is 17.9 Å². The van der Waals surface area contributed by atoms with Crippen molar-refractivity contribution in [3.8, 4) is 0 Å². The summed E-state index contributed by atoms with van der Waals surface area (Å²) in [5.41, 5.74) is 0. The SMILES string of the molecule is C/C=C/C(=O)O.C/C=C/C(=O)O.C/C=C/C(=O)O.[Ho]. The molecule has 19 heavy (non-hydrogen) atoms. The quantitative estimate of drug-likeness (QED) is 0.473. The van der Waals surface area contributed by atoms with Crippen molar-refractivity contribution in [1.82, 2.24) is 0 Å². The third-order valence-corrected chi connectivity index (χ3v) is 0.928. The first-order valence-electron chi connectivity index (χ1n) is 4.88. The Hall–Kier alpha value is -1.11. The fourth-order valence-corrected chi connectivity index (χ4v) is 0.428. The Morgan fingerprint density at radius 1 is 0.632 bits per heavy atom. The number of hydrogen-bond acceptors (Lipinski definition) is 3. The number of allylic oxidation sites excluding steroid dienone is 3. The van der Waals surface area contributed by atoms with Crippen LogP contribution in [0.1, 0.15) is 20.8 Å². The maximum Gasteiger partial charge on any atom is 0.327 e. The van der Waals surface area contributed by atoms with Crippen LogP contribution >= 0.6 is 0 Å². The fourth-order valence-electron chi connectivity index (χ4n) is 0.428. The summed E-state index contributed by atoms with van der Waals surface area (Å²) in [5.74, 6) is -2.67. The van der Waals surface area contributed by atoms with Gasteiger partial charge in [-0.05, 0) is 20.8 Å². The van der Waals surface area contributed by atoms with Gasteiger partial charge in [0.2, 0.25) is 0 Å². The van der Waals surface area contributed by atoms with E-state index in [-0.39, 0.29) is 37.7 Å². The monoisotopic (exact) mass is 423 g/mol. The van der Waals surface area contributed by atoms with Crippen LogP contribution in [0.25, 0.3) is 0 Å². The zero-order valence-corrected chi connectivity index (χ0v) is 12.8. The van der Waals surface area contributed by atoms with Crippen LogP contribution in [0, 0.1) is 37.7 Å². The molecular formula is C12H18HoO6. The second-order valence-corrected chi connectivity index (χ2v) is 2.51. The van der Waals surface area contributed by atoms with Gasteiger partial charge in [0.05, 0.1) is 0 Å². The molecule has 0 aromatic rings. The predicted molar refractivity (Wildman–Crippen MR) is 67.3 cm³/mol. The van der Waals surface area contributed by atoms with Crippen molar-refractivity contribution in [2.45, 2.75) is 20.8 Å². The van der Waals surface area contributed by atoms with Gasteiger partial charge in [-0.1, -0.05) is 18.2 Å². The molecule has 0 aliphatic carbocycles. The van der Waals surface area contributed by atoms with Gasteiger partial charge in [-0.2, -0.15) is 0 Å². The first-order valence-corrected chi connectivity index (χ1v) is 4.88. The van der Waals surface area contributed by atoms with E-state index in [4.69, 9.17) is 15.3 Å². The van der Waals surface area contributed by atoms with Crippen molar-refractivity contribution in [2.24, 2.45) is 0 Å². The van der Waals surface area contributed by atoms with Crippen molar-refractivity contribution >= 4 is 17.9 Å². The van der Waals surface area contributed by atoms with E-state index in [1.807, 2.05) is 0 Å². The van der Waals surface area contributed by atoms with Gasteiger partial charge in [0, 0.05) is 56.0 Å². The standard InChI is InChI=1S/3C4H6O2.Ho/c3*1-2-3-4(5)6;/h3*2-3H,1H3,(H,5,6);/b3*3-2+;. The van der Waals surface area contributed by atoms with Crippen LogP contribution in [0.5, 0.6) is 0 Å². The minimum absolute atomic E-state index is 0. The van der Waals surface area contributed by atoms with Gasteiger partial charge in [0.25, 0.3) is 0 Å². The molecule has 0 aromatic carbocycles. The zero-order chi connectivity index (χ0) is 15.0. The predicted octanol–water partition coefficient (Wildman–Crippen LogP) is 1.94. The zero-order valence-electron chi connectivity index (χ0n) is 10.8. The summed E-state index contributed by atoms with van der Waals surface area (Å²) >= 11 is 0. The Morgan fingerprint density at radius 2 is 0.789 bits per heavy atom. The molecule has 0 spiro atoms. The van der Waals surface area contributed by atoms with Crippen LogP contribution in [0.4, 0.5) is 0 Å². The number of aliphatic carboxylic acids is 3. The average molecular weight is 423 g/mol. The molecule has 0 heterocycles. The van der Waals surface area contributed by atoms with Crippen LogP contribution in [0.3, 0.4) is 0 Å². The third-order valence-electron chi connectivity index (χ3n) is 0.928. The summed E-state index contributed by atoms with van der Waals surface area (Å²) in [6.45, 7) is 4.98. The van der Waals surface area contributed by atoms with Crippen molar-refractivity contribution in [3.05, 3.63) is 36.5 Å². The first kappa shape index (κ1) is 26.5. The second kappa shape index (κ2) is 22.1. The maximum absolute atomic E-state index is 9.51. The third kappa shape index (κ3) is 60.2. The summed E-state index contributed by atoms with van der Waals surface area (Å²) in [6.07, 6.45) is 7.67. The van der Waals surface area contributed by atoms with Crippen molar-refractivity contribution in [1.29, 1.82) is 0 Å². The topological polar surface area (TPSA) is 112 Å². The Kier molecular flexibility index (Phi) is 30.8. The summed E-state index contributed by atoms with van der Waals surface area (Å²) in [4.78, 5) is 28.5. The average Bonchev–Trinajstić information content (AvgIpc) is 2.18. The van der Waals surface area contributed by atoms with Gasteiger partial charge in [0.1, 0.15) is 0 Å². The summed E-state index contributed by atoms with van der Waals surface area (Å²) in [5, 5.41) is 23.5. The second-order valence-electron chi connectivity index (χ2n) is 2.51. The van der Waals surface area contributed by atoms with Crippen molar-refractivity contribution < 1.29 is 67.4 Å². The van der Waals surface area contributed by atoms with Gasteiger partial charge in [-0.15, -0.1) is 0 Å². The number of carbonyl (C=O) groups is 3. The van der Waals surface area contributed by atoms with Gasteiger partial charge in [-0.3, -0.25) is 0 Å². The molecule has 0 fully saturated rings. The minimum atomic E-state index is -0.891. The molecule has 0 rings (SSSR count). The molecule has 0 saturated carbocycles. The van der Waals surface area contributed by atoms with Crippen LogP contribution in [0.2, 0.25) is 0 Å². The summed E-state index contributed by atoms with van der Waals surface area (Å²) in [7, 11) is 0. The number of carboxylic acids is 3. The fraction of sp³-hybridized carbons (Fsp3) is 0.250. The molecule has 0 atom stereocenters. The van der Waals surface area contributed by atoms with Gasteiger partial charge in [0.15, 0.2) is 0 Å². The molecule has 0 unspecified atom stereocenters. The molecule has 1 radical (unpaired) electrons. The van der Waals surface area contributed by atoms with Crippen LogP contribution in [0.15, 0.2) is 36.5 Å². The molecule has 3 N–H and O–H groups in total. The minimum Gasteiger partial charge on any atom is -0.478 e. The molecule has 113 valence electrons. The van der Waals surface area contributed by atoms with E-state index >= 15 is 0 Å². The van der Waals surface area contributed by atoms with Crippen molar-refractivity contribution in [2.75, 3.05) is 0 Å². The number of carboxylic acid groups (broad SMARTS) is 3. The molecule has 7 heteroatoms. The Bertz CT molecular complexity index is 279. The van der Waals surface area contributed by atoms with Crippen LogP contribution in [-0.2, 0) is 14.4 Å². The van der Waals surface area contributed by atoms with E-state index in [0.29, 0.717) is 0 Å². The van der Waals surface area contributed by atoms with E-state index in [2.05, 4.69) is 0 Å². The summed E-state index contributed by atoms with van der Waals surface area (Å²) < 4.78 is 0. The molecule has 0 saturated heterocycles. The molecule has 0 amide bonds. The maximum atomic E-state index is 9.51. The molecular weight excluding hydrogens is 405 g/mol. The smallest absolute Gasteiger partial charge is 0.327 e. The van der Waals surface area contributed by atoms with E-state index < -0.39 is 17.9 Å². The van der Waals surface area contributed by atoms with Crippen molar-refractivity contribution in [3.63, 3.8) is 0 Å². The molecule has 0 aliphatic rings. The number of hydrogen-bond donors (Lipinski definition) is 3. The Balaban J connectivity index is -0.0000000865. The van der Waals surface area contributed by atoms with E-state index in [9.17, 15) is 14.4 Å². The largest absolute Gasteiger partial charge is 0.478 e.